The zero-order valence-corrected chi connectivity index (χ0v) is 17.3. The van der Waals surface area contributed by atoms with E-state index < -0.39 is 6.10 Å². The number of carbonyl (C=O) groups is 2. The van der Waals surface area contributed by atoms with E-state index in [1.54, 1.807) is 6.07 Å². The van der Waals surface area contributed by atoms with Crippen molar-refractivity contribution in [1.29, 1.82) is 0 Å². The van der Waals surface area contributed by atoms with Gasteiger partial charge in [-0.25, -0.2) is 0 Å². The number of methoxy groups -OCH3 is 1. The zero-order valence-electron chi connectivity index (χ0n) is 17.3. The molecule has 1 aliphatic carbocycles. The minimum absolute atomic E-state index is 0.00163. The fourth-order valence-corrected chi connectivity index (χ4v) is 4.86. The number of aliphatic hydroxyl groups excluding tert-OH is 1. The minimum atomic E-state index is -0.494. The van der Waals surface area contributed by atoms with E-state index in [-0.39, 0.29) is 55.6 Å². The first-order valence-electron chi connectivity index (χ1n) is 10.7. The van der Waals surface area contributed by atoms with Gasteiger partial charge in [-0.1, -0.05) is 12.8 Å². The maximum absolute atomic E-state index is 12.5. The number of carbonyl (C=O) groups excluding carboxylic acids is 2. The average molecular weight is 418 g/mol. The van der Waals surface area contributed by atoms with Crippen LogP contribution < -0.4 is 15.4 Å². The predicted octanol–water partition coefficient (Wildman–Crippen LogP) is 1.71. The number of nitrogens with one attached hydrogen (secondary N) is 2. The number of aliphatic hydroxyl groups is 1. The summed E-state index contributed by atoms with van der Waals surface area (Å²) >= 11 is 0. The zero-order chi connectivity index (χ0) is 21.1. The molecule has 1 aromatic carbocycles. The third-order valence-corrected chi connectivity index (χ3v) is 6.19. The lowest BCUT2D eigenvalue weighted by molar-refractivity contribution is -0.142. The predicted molar refractivity (Wildman–Crippen MR) is 109 cm³/mol. The Hall–Kier alpha value is -2.16. The molecule has 0 spiro atoms. The van der Waals surface area contributed by atoms with E-state index in [9.17, 15) is 14.7 Å². The van der Waals surface area contributed by atoms with Crippen molar-refractivity contribution in [1.82, 2.24) is 5.32 Å². The number of amides is 2. The molecule has 8 heteroatoms. The molecule has 1 saturated carbocycles. The average Bonchev–Trinajstić information content (AvgIpc) is 3.35. The van der Waals surface area contributed by atoms with Crippen molar-refractivity contribution in [2.75, 3.05) is 25.6 Å². The maximum Gasteiger partial charge on any atom is 0.250 e. The summed E-state index contributed by atoms with van der Waals surface area (Å²) in [6, 6.07) is 5.79. The monoisotopic (exact) mass is 418 g/mol. The molecule has 1 aromatic rings. The van der Waals surface area contributed by atoms with E-state index in [1.807, 2.05) is 12.1 Å². The molecule has 0 aromatic heterocycles. The highest BCUT2D eigenvalue weighted by atomic mass is 16.6. The number of anilines is 1. The summed E-state index contributed by atoms with van der Waals surface area (Å²) in [6.45, 7) is -0.189. The topological polar surface area (TPSA) is 106 Å². The lowest BCUT2D eigenvalue weighted by atomic mass is 9.84. The second-order valence-electron chi connectivity index (χ2n) is 8.39. The summed E-state index contributed by atoms with van der Waals surface area (Å²) in [5.41, 5.74) is 1.64. The molecule has 1 saturated heterocycles. The van der Waals surface area contributed by atoms with Crippen LogP contribution in [0.2, 0.25) is 0 Å². The first-order valence-corrected chi connectivity index (χ1v) is 10.7. The van der Waals surface area contributed by atoms with Crippen molar-refractivity contribution in [3.63, 3.8) is 0 Å². The van der Waals surface area contributed by atoms with Crippen molar-refractivity contribution in [2.45, 2.75) is 68.8 Å². The van der Waals surface area contributed by atoms with E-state index >= 15 is 0 Å². The van der Waals surface area contributed by atoms with Gasteiger partial charge in [0.1, 0.15) is 24.6 Å². The van der Waals surface area contributed by atoms with E-state index in [4.69, 9.17) is 14.2 Å². The molecule has 2 aliphatic heterocycles. The van der Waals surface area contributed by atoms with Crippen LogP contribution in [0.4, 0.5) is 5.69 Å². The number of benzene rings is 1. The number of fused-ring (bicyclic) bond motifs is 3. The van der Waals surface area contributed by atoms with Gasteiger partial charge in [0.05, 0.1) is 19.1 Å². The van der Waals surface area contributed by atoms with Crippen LogP contribution in [0.5, 0.6) is 5.75 Å². The Labute approximate surface area is 176 Å². The van der Waals surface area contributed by atoms with Gasteiger partial charge in [0.25, 0.3) is 0 Å². The van der Waals surface area contributed by atoms with Crippen LogP contribution in [0.15, 0.2) is 18.2 Å². The number of hydrogen-bond donors (Lipinski definition) is 3. The van der Waals surface area contributed by atoms with Crippen LogP contribution in [0, 0.1) is 0 Å². The van der Waals surface area contributed by atoms with Gasteiger partial charge in [0, 0.05) is 30.3 Å². The summed E-state index contributed by atoms with van der Waals surface area (Å²) in [4.78, 5) is 24.3. The molecule has 30 heavy (non-hydrogen) atoms. The van der Waals surface area contributed by atoms with E-state index in [0.717, 1.165) is 24.2 Å². The molecular weight excluding hydrogens is 388 g/mol. The molecule has 164 valence electrons. The molecule has 8 nitrogen and oxygen atoms in total. The molecule has 4 atom stereocenters. The van der Waals surface area contributed by atoms with Gasteiger partial charge in [-0.2, -0.15) is 0 Å². The highest BCUT2D eigenvalue weighted by molar-refractivity contribution is 5.91. The van der Waals surface area contributed by atoms with Crippen molar-refractivity contribution < 1.29 is 28.9 Å². The van der Waals surface area contributed by atoms with Crippen molar-refractivity contribution in [2.24, 2.45) is 0 Å². The normalized spacial score (nSPS) is 27.8. The molecule has 0 radical (unpaired) electrons. The van der Waals surface area contributed by atoms with E-state index in [1.165, 1.54) is 20.0 Å². The SMILES string of the molecule is COCC(=O)Nc1ccc2c(c1)[C@@H]1C[C@@H](CC(=O)NC3CCCC3)O[C@H](CO)[C@@H]1O2. The molecule has 0 unspecified atom stereocenters. The molecule has 3 aliphatic rings. The summed E-state index contributed by atoms with van der Waals surface area (Å²) in [6.07, 6.45) is 4.23. The summed E-state index contributed by atoms with van der Waals surface area (Å²) < 4.78 is 16.9. The third kappa shape index (κ3) is 4.61. The Morgan fingerprint density at radius 1 is 1.23 bits per heavy atom. The largest absolute Gasteiger partial charge is 0.487 e. The smallest absolute Gasteiger partial charge is 0.250 e. The first kappa shape index (κ1) is 21.1. The highest BCUT2D eigenvalue weighted by Crippen LogP contribution is 2.47. The van der Waals surface area contributed by atoms with Gasteiger partial charge >= 0.3 is 0 Å². The summed E-state index contributed by atoms with van der Waals surface area (Å²) in [5.74, 6) is 0.499. The fourth-order valence-electron chi connectivity index (χ4n) is 4.86. The maximum atomic E-state index is 12.5. The van der Waals surface area contributed by atoms with Crippen LogP contribution >= 0.6 is 0 Å². The van der Waals surface area contributed by atoms with Crippen molar-refractivity contribution in [3.8, 4) is 5.75 Å². The van der Waals surface area contributed by atoms with Crippen LogP contribution in [-0.4, -0.2) is 61.6 Å². The molecule has 2 heterocycles. The van der Waals surface area contributed by atoms with E-state index in [2.05, 4.69) is 10.6 Å². The van der Waals surface area contributed by atoms with Crippen molar-refractivity contribution in [3.05, 3.63) is 23.8 Å². The van der Waals surface area contributed by atoms with Gasteiger partial charge in [-0.15, -0.1) is 0 Å². The van der Waals surface area contributed by atoms with Crippen LogP contribution in [0.1, 0.15) is 50.0 Å². The third-order valence-electron chi connectivity index (χ3n) is 6.19. The summed E-state index contributed by atoms with van der Waals surface area (Å²) in [5, 5.41) is 15.8. The van der Waals surface area contributed by atoms with Crippen LogP contribution in [0.25, 0.3) is 0 Å². The second-order valence-corrected chi connectivity index (χ2v) is 8.39. The van der Waals surface area contributed by atoms with Gasteiger partial charge in [-0.3, -0.25) is 9.59 Å². The second kappa shape index (κ2) is 9.32. The van der Waals surface area contributed by atoms with Gasteiger partial charge in [0.15, 0.2) is 0 Å². The van der Waals surface area contributed by atoms with Crippen molar-refractivity contribution >= 4 is 17.5 Å². The lowest BCUT2D eigenvalue weighted by Crippen LogP contribution is -2.47. The first-order chi connectivity index (χ1) is 14.6. The molecule has 4 rings (SSSR count). The van der Waals surface area contributed by atoms with Gasteiger partial charge < -0.3 is 30.0 Å². The molecule has 2 fully saturated rings. The number of ether oxygens (including phenoxy) is 3. The minimum Gasteiger partial charge on any atom is -0.487 e. The highest BCUT2D eigenvalue weighted by Gasteiger charge is 2.46. The van der Waals surface area contributed by atoms with Crippen LogP contribution in [-0.2, 0) is 19.1 Å². The number of hydrogen-bond acceptors (Lipinski definition) is 6. The summed E-state index contributed by atoms with van der Waals surface area (Å²) in [7, 11) is 1.47. The Morgan fingerprint density at radius 2 is 2.03 bits per heavy atom. The standard InChI is InChI=1S/C22H30N2O6/c1-28-12-21(27)24-14-6-7-18-16(8-14)17-9-15(29-19(11-25)22(17)30-18)10-20(26)23-13-4-2-3-5-13/h6-8,13,15,17,19,22,25H,2-5,9-12H2,1H3,(H,23,26)(H,24,27)/t15-,17-,19+,22+/m0/s1. The molecule has 2 amide bonds. The Kier molecular flexibility index (Phi) is 6.55. The fraction of sp³-hybridized carbons (Fsp3) is 0.636. The molecular formula is C22H30N2O6. The number of rotatable bonds is 7. The van der Waals surface area contributed by atoms with Gasteiger partial charge in [0.2, 0.25) is 11.8 Å². The lowest BCUT2D eigenvalue weighted by Gasteiger charge is -2.37. The Bertz CT molecular complexity index is 779. The Morgan fingerprint density at radius 3 is 2.77 bits per heavy atom. The van der Waals surface area contributed by atoms with Gasteiger partial charge in [-0.05, 0) is 37.5 Å². The Balaban J connectivity index is 1.45. The van der Waals surface area contributed by atoms with E-state index in [0.29, 0.717) is 12.1 Å². The quantitative estimate of drug-likeness (QED) is 0.623. The molecule has 3 N–H and O–H groups in total. The molecule has 0 bridgehead atoms. The van der Waals surface area contributed by atoms with Crippen LogP contribution in [0.3, 0.4) is 0 Å².